The Morgan fingerprint density at radius 3 is 2.92 bits per heavy atom. The minimum atomic E-state index is 0.0222. The zero-order chi connectivity index (χ0) is 16.9. The summed E-state index contributed by atoms with van der Waals surface area (Å²) >= 11 is 0. The van der Waals surface area contributed by atoms with Crippen LogP contribution in [0.25, 0.3) is 10.9 Å². The van der Waals surface area contributed by atoms with Gasteiger partial charge in [0, 0.05) is 47.6 Å². The smallest absolute Gasteiger partial charge is 0.194 e. The molecule has 2 N–H and O–H groups in total. The van der Waals surface area contributed by atoms with Crippen molar-refractivity contribution >= 4 is 16.7 Å². The second-order valence-corrected chi connectivity index (χ2v) is 5.47. The maximum absolute atomic E-state index is 12.6. The third-order valence-electron chi connectivity index (χ3n) is 3.76. The average molecular weight is 324 g/mol. The predicted octanol–water partition coefficient (Wildman–Crippen LogP) is 2.78. The van der Waals surface area contributed by atoms with Gasteiger partial charge in [0.25, 0.3) is 0 Å². The first-order valence-electron chi connectivity index (χ1n) is 7.92. The summed E-state index contributed by atoms with van der Waals surface area (Å²) in [6.07, 6.45) is 3.50. The molecule has 0 radical (unpaired) electrons. The van der Waals surface area contributed by atoms with E-state index in [1.54, 1.807) is 12.4 Å². The van der Waals surface area contributed by atoms with Crippen molar-refractivity contribution in [3.05, 3.63) is 63.8 Å². The Morgan fingerprint density at radius 1 is 1.25 bits per heavy atom. The van der Waals surface area contributed by atoms with Crippen LogP contribution in [-0.2, 0) is 17.9 Å². The van der Waals surface area contributed by atoms with Gasteiger partial charge in [-0.05, 0) is 26.0 Å². The molecule has 2 heterocycles. The van der Waals surface area contributed by atoms with E-state index in [-0.39, 0.29) is 5.43 Å². The number of aromatic amines is 1. The number of nitrogens with one attached hydrogen (secondary N) is 2. The molecule has 2 aromatic heterocycles. The molecule has 24 heavy (non-hydrogen) atoms. The lowest BCUT2D eigenvalue weighted by molar-refractivity contribution is 0.134. The largest absolute Gasteiger partial charge is 0.377 e. The van der Waals surface area contributed by atoms with Crippen molar-refractivity contribution in [1.82, 2.24) is 15.0 Å². The molecule has 0 aliphatic heterocycles. The normalized spacial score (nSPS) is 10.9. The summed E-state index contributed by atoms with van der Waals surface area (Å²) in [5.41, 5.74) is 2.39. The standard InChI is InChI=1S/C18H20N4O2/c1-3-24-11-14-10-19-12(2)22-18(14)21-9-13-8-20-16-7-5-4-6-15(16)17(13)23/h4-8,10H,3,9,11H2,1-2H3,(H,20,23)(H,19,21,22). The van der Waals surface area contributed by atoms with E-state index in [0.717, 1.165) is 11.1 Å². The number of hydrogen-bond acceptors (Lipinski definition) is 5. The van der Waals surface area contributed by atoms with E-state index in [4.69, 9.17) is 4.74 Å². The topological polar surface area (TPSA) is 79.9 Å². The summed E-state index contributed by atoms with van der Waals surface area (Å²) in [4.78, 5) is 24.3. The monoisotopic (exact) mass is 324 g/mol. The van der Waals surface area contributed by atoms with E-state index in [2.05, 4.69) is 20.3 Å². The fraction of sp³-hybridized carbons (Fsp3) is 0.278. The number of anilines is 1. The molecular weight excluding hydrogens is 304 g/mol. The van der Waals surface area contributed by atoms with E-state index in [1.165, 1.54) is 0 Å². The molecule has 6 nitrogen and oxygen atoms in total. The number of rotatable bonds is 6. The summed E-state index contributed by atoms with van der Waals surface area (Å²) in [7, 11) is 0. The van der Waals surface area contributed by atoms with Crippen LogP contribution >= 0.6 is 0 Å². The van der Waals surface area contributed by atoms with E-state index < -0.39 is 0 Å². The SMILES string of the molecule is CCOCc1cnc(C)nc1NCc1c[nH]c2ccccc2c1=O. The van der Waals surface area contributed by atoms with Gasteiger partial charge in [0.05, 0.1) is 6.61 Å². The number of hydrogen-bond donors (Lipinski definition) is 2. The Kier molecular flexibility index (Phi) is 4.86. The highest BCUT2D eigenvalue weighted by Gasteiger charge is 2.08. The zero-order valence-corrected chi connectivity index (χ0v) is 13.8. The first-order chi connectivity index (χ1) is 11.7. The minimum absolute atomic E-state index is 0.0222. The lowest BCUT2D eigenvalue weighted by Gasteiger charge is -2.11. The van der Waals surface area contributed by atoms with Crippen LogP contribution in [0.4, 0.5) is 5.82 Å². The molecule has 0 bridgehead atoms. The molecule has 0 spiro atoms. The molecule has 124 valence electrons. The van der Waals surface area contributed by atoms with Crippen molar-refractivity contribution in [2.45, 2.75) is 27.0 Å². The molecule has 0 saturated carbocycles. The van der Waals surface area contributed by atoms with Gasteiger partial charge in [0.2, 0.25) is 0 Å². The van der Waals surface area contributed by atoms with Gasteiger partial charge in [-0.25, -0.2) is 9.97 Å². The van der Waals surface area contributed by atoms with Crippen molar-refractivity contribution in [2.75, 3.05) is 11.9 Å². The number of nitrogens with zero attached hydrogens (tertiary/aromatic N) is 2. The van der Waals surface area contributed by atoms with Crippen LogP contribution in [0.2, 0.25) is 0 Å². The number of ether oxygens (including phenoxy) is 1. The quantitative estimate of drug-likeness (QED) is 0.729. The molecule has 3 aromatic rings. The average Bonchev–Trinajstić information content (AvgIpc) is 2.60. The van der Waals surface area contributed by atoms with Crippen molar-refractivity contribution in [3.63, 3.8) is 0 Å². The summed E-state index contributed by atoms with van der Waals surface area (Å²) in [5.74, 6) is 1.37. The van der Waals surface area contributed by atoms with Crippen molar-refractivity contribution in [1.29, 1.82) is 0 Å². The van der Waals surface area contributed by atoms with Crippen LogP contribution in [0.15, 0.2) is 41.5 Å². The number of fused-ring (bicyclic) bond motifs is 1. The van der Waals surface area contributed by atoms with E-state index in [0.29, 0.717) is 42.4 Å². The summed E-state index contributed by atoms with van der Waals surface area (Å²) in [5, 5.41) is 3.92. The first kappa shape index (κ1) is 16.1. The highest BCUT2D eigenvalue weighted by molar-refractivity contribution is 5.78. The Labute approximate surface area is 139 Å². The molecule has 0 atom stereocenters. The summed E-state index contributed by atoms with van der Waals surface area (Å²) < 4.78 is 5.45. The lowest BCUT2D eigenvalue weighted by atomic mass is 10.1. The third kappa shape index (κ3) is 3.44. The van der Waals surface area contributed by atoms with Gasteiger partial charge in [0.15, 0.2) is 5.43 Å². The maximum Gasteiger partial charge on any atom is 0.194 e. The predicted molar refractivity (Wildman–Crippen MR) is 94.0 cm³/mol. The van der Waals surface area contributed by atoms with Crippen LogP contribution < -0.4 is 10.7 Å². The number of H-pyrrole nitrogens is 1. The number of aryl methyl sites for hydroxylation is 1. The molecule has 3 rings (SSSR count). The fourth-order valence-electron chi connectivity index (χ4n) is 2.49. The highest BCUT2D eigenvalue weighted by Crippen LogP contribution is 2.14. The second kappa shape index (κ2) is 7.23. The molecule has 0 unspecified atom stereocenters. The van der Waals surface area contributed by atoms with E-state index in [1.807, 2.05) is 38.1 Å². The van der Waals surface area contributed by atoms with Crippen LogP contribution in [0.5, 0.6) is 0 Å². The van der Waals surface area contributed by atoms with Crippen molar-refractivity contribution in [3.8, 4) is 0 Å². The van der Waals surface area contributed by atoms with Gasteiger partial charge in [-0.1, -0.05) is 12.1 Å². The Bertz CT molecular complexity index is 905. The summed E-state index contributed by atoms with van der Waals surface area (Å²) in [6.45, 7) is 5.22. The number of pyridine rings is 1. The van der Waals surface area contributed by atoms with Crippen molar-refractivity contribution < 1.29 is 4.74 Å². The van der Waals surface area contributed by atoms with Crippen LogP contribution in [-0.4, -0.2) is 21.6 Å². The lowest BCUT2D eigenvalue weighted by Crippen LogP contribution is -2.15. The number of para-hydroxylation sites is 1. The zero-order valence-electron chi connectivity index (χ0n) is 13.8. The van der Waals surface area contributed by atoms with Crippen molar-refractivity contribution in [2.24, 2.45) is 0 Å². The van der Waals surface area contributed by atoms with E-state index >= 15 is 0 Å². The van der Waals surface area contributed by atoms with Gasteiger partial charge in [0.1, 0.15) is 11.6 Å². The van der Waals surface area contributed by atoms with Crippen LogP contribution in [0.3, 0.4) is 0 Å². The highest BCUT2D eigenvalue weighted by atomic mass is 16.5. The molecule has 0 saturated heterocycles. The second-order valence-electron chi connectivity index (χ2n) is 5.47. The molecule has 0 fully saturated rings. The van der Waals surface area contributed by atoms with Gasteiger partial charge < -0.3 is 15.0 Å². The molecule has 0 aliphatic rings. The molecule has 0 aliphatic carbocycles. The Balaban J connectivity index is 1.84. The molecule has 0 amide bonds. The first-order valence-corrected chi connectivity index (χ1v) is 7.92. The Morgan fingerprint density at radius 2 is 2.08 bits per heavy atom. The van der Waals surface area contributed by atoms with Gasteiger partial charge in [-0.15, -0.1) is 0 Å². The fourth-order valence-corrected chi connectivity index (χ4v) is 2.49. The molecular formula is C18H20N4O2. The molecule has 1 aromatic carbocycles. The summed E-state index contributed by atoms with van der Waals surface area (Å²) in [6, 6.07) is 7.48. The van der Waals surface area contributed by atoms with Gasteiger partial charge >= 0.3 is 0 Å². The third-order valence-corrected chi connectivity index (χ3v) is 3.76. The van der Waals surface area contributed by atoms with Gasteiger partial charge in [-0.3, -0.25) is 4.79 Å². The Hall–Kier alpha value is -2.73. The maximum atomic E-state index is 12.6. The van der Waals surface area contributed by atoms with Gasteiger partial charge in [-0.2, -0.15) is 0 Å². The number of aromatic nitrogens is 3. The number of benzene rings is 1. The van der Waals surface area contributed by atoms with E-state index in [9.17, 15) is 4.79 Å². The minimum Gasteiger partial charge on any atom is -0.377 e. The molecule has 6 heteroatoms. The van der Waals surface area contributed by atoms with Crippen LogP contribution in [0, 0.1) is 6.92 Å². The van der Waals surface area contributed by atoms with Crippen LogP contribution in [0.1, 0.15) is 23.9 Å².